The Labute approximate surface area is 185 Å². The third-order valence-corrected chi connectivity index (χ3v) is 5.80. The van der Waals surface area contributed by atoms with Gasteiger partial charge in [0, 0.05) is 44.3 Å². The molecule has 0 saturated carbocycles. The van der Waals surface area contributed by atoms with Crippen LogP contribution in [0.2, 0.25) is 0 Å². The first-order valence-electron chi connectivity index (χ1n) is 10.6. The number of halogens is 1. The standard InChI is InChI=1S/C24H24FN5O2/c1-16-22(27-23(32-16)19-13-18(31-2)7-8-20(19)25)15-29-9-11-30(12-10-29)24-26-14-17-5-3-4-6-21(17)28-24/h3-8,13-14H,9-12,15H2,1-2H3. The van der Waals surface area contributed by atoms with Crippen molar-refractivity contribution in [3.8, 4) is 17.2 Å². The largest absolute Gasteiger partial charge is 0.497 e. The molecule has 164 valence electrons. The maximum atomic E-state index is 14.3. The van der Waals surface area contributed by atoms with Crippen molar-refractivity contribution in [2.24, 2.45) is 0 Å². The molecule has 8 heteroatoms. The van der Waals surface area contributed by atoms with E-state index in [0.29, 0.717) is 23.6 Å². The smallest absolute Gasteiger partial charge is 0.229 e. The van der Waals surface area contributed by atoms with E-state index in [0.717, 1.165) is 48.7 Å². The van der Waals surface area contributed by atoms with Crippen molar-refractivity contribution < 1.29 is 13.5 Å². The van der Waals surface area contributed by atoms with Crippen molar-refractivity contribution in [3.63, 3.8) is 0 Å². The van der Waals surface area contributed by atoms with Crippen LogP contribution in [0.1, 0.15) is 11.5 Å². The fraction of sp³-hybridized carbons (Fsp3) is 0.292. The molecule has 5 rings (SSSR count). The number of ether oxygens (including phenoxy) is 1. The summed E-state index contributed by atoms with van der Waals surface area (Å²) in [5.41, 5.74) is 2.07. The first-order valence-corrected chi connectivity index (χ1v) is 10.6. The summed E-state index contributed by atoms with van der Waals surface area (Å²) in [6, 6.07) is 12.5. The van der Waals surface area contributed by atoms with Crippen molar-refractivity contribution in [2.45, 2.75) is 13.5 Å². The Balaban J connectivity index is 1.26. The first-order chi connectivity index (χ1) is 15.6. The minimum atomic E-state index is -0.386. The van der Waals surface area contributed by atoms with Crippen LogP contribution in [0.15, 0.2) is 53.1 Å². The lowest BCUT2D eigenvalue weighted by molar-refractivity contribution is 0.245. The summed E-state index contributed by atoms with van der Waals surface area (Å²) < 4.78 is 25.3. The van der Waals surface area contributed by atoms with Crippen LogP contribution < -0.4 is 9.64 Å². The summed E-state index contributed by atoms with van der Waals surface area (Å²) in [4.78, 5) is 18.3. The lowest BCUT2D eigenvalue weighted by Gasteiger charge is -2.34. The second-order valence-corrected chi connectivity index (χ2v) is 7.86. The number of anilines is 1. The summed E-state index contributed by atoms with van der Waals surface area (Å²) in [5, 5.41) is 1.04. The summed E-state index contributed by atoms with van der Waals surface area (Å²) in [7, 11) is 1.55. The lowest BCUT2D eigenvalue weighted by Crippen LogP contribution is -2.46. The zero-order valence-electron chi connectivity index (χ0n) is 18.1. The van der Waals surface area contributed by atoms with Gasteiger partial charge in [-0.1, -0.05) is 18.2 Å². The minimum Gasteiger partial charge on any atom is -0.497 e. The zero-order valence-corrected chi connectivity index (χ0v) is 18.1. The van der Waals surface area contributed by atoms with E-state index in [9.17, 15) is 4.39 Å². The average Bonchev–Trinajstić information content (AvgIpc) is 3.19. The van der Waals surface area contributed by atoms with Gasteiger partial charge < -0.3 is 14.1 Å². The van der Waals surface area contributed by atoms with E-state index in [4.69, 9.17) is 14.1 Å². The number of hydrogen-bond acceptors (Lipinski definition) is 7. The van der Waals surface area contributed by atoms with Gasteiger partial charge in [-0.25, -0.2) is 19.3 Å². The molecule has 2 aromatic carbocycles. The predicted molar refractivity (Wildman–Crippen MR) is 120 cm³/mol. The van der Waals surface area contributed by atoms with E-state index in [1.807, 2.05) is 37.4 Å². The molecule has 0 amide bonds. The third kappa shape index (κ3) is 4.01. The molecule has 2 aromatic heterocycles. The number of fused-ring (bicyclic) bond motifs is 1. The van der Waals surface area contributed by atoms with Crippen LogP contribution in [0.25, 0.3) is 22.4 Å². The number of nitrogens with zero attached hydrogens (tertiary/aromatic N) is 5. The quantitative estimate of drug-likeness (QED) is 0.470. The van der Waals surface area contributed by atoms with Crippen LogP contribution in [0, 0.1) is 12.7 Å². The molecule has 1 aliphatic heterocycles. The van der Waals surface area contributed by atoms with Crippen molar-refractivity contribution >= 4 is 16.9 Å². The molecular weight excluding hydrogens is 409 g/mol. The van der Waals surface area contributed by atoms with E-state index in [1.165, 1.54) is 6.07 Å². The molecular formula is C24H24FN5O2. The van der Waals surface area contributed by atoms with E-state index in [-0.39, 0.29) is 11.7 Å². The molecule has 0 radical (unpaired) electrons. The summed E-state index contributed by atoms with van der Waals surface area (Å²) in [5.74, 6) is 1.91. The number of benzene rings is 2. The molecule has 0 spiro atoms. The topological polar surface area (TPSA) is 67.5 Å². The monoisotopic (exact) mass is 433 g/mol. The molecule has 1 saturated heterocycles. The molecule has 0 atom stereocenters. The van der Waals surface area contributed by atoms with Crippen molar-refractivity contribution in [1.82, 2.24) is 19.9 Å². The molecule has 1 aliphatic rings. The van der Waals surface area contributed by atoms with Gasteiger partial charge in [-0.05, 0) is 31.2 Å². The normalized spacial score (nSPS) is 14.8. The van der Waals surface area contributed by atoms with Gasteiger partial charge in [-0.15, -0.1) is 0 Å². The van der Waals surface area contributed by atoms with Gasteiger partial charge in [-0.2, -0.15) is 0 Å². The van der Waals surface area contributed by atoms with Gasteiger partial charge in [-0.3, -0.25) is 4.90 Å². The Hall–Kier alpha value is -3.52. The molecule has 0 aliphatic carbocycles. The fourth-order valence-corrected chi connectivity index (χ4v) is 3.92. The van der Waals surface area contributed by atoms with Crippen LogP contribution >= 0.6 is 0 Å². The highest BCUT2D eigenvalue weighted by Gasteiger charge is 2.22. The van der Waals surface area contributed by atoms with Gasteiger partial charge >= 0.3 is 0 Å². The Kier molecular flexibility index (Phi) is 5.45. The van der Waals surface area contributed by atoms with Crippen molar-refractivity contribution in [2.75, 3.05) is 38.2 Å². The number of para-hydroxylation sites is 1. The highest BCUT2D eigenvalue weighted by Crippen LogP contribution is 2.28. The van der Waals surface area contributed by atoms with Crippen LogP contribution in [0.5, 0.6) is 5.75 Å². The Morgan fingerprint density at radius 1 is 1.06 bits per heavy atom. The second kappa shape index (κ2) is 8.55. The number of aryl methyl sites for hydroxylation is 1. The summed E-state index contributed by atoms with van der Waals surface area (Å²) in [6.45, 7) is 5.87. The minimum absolute atomic E-state index is 0.275. The maximum Gasteiger partial charge on any atom is 0.229 e. The Morgan fingerprint density at radius 3 is 2.69 bits per heavy atom. The van der Waals surface area contributed by atoms with E-state index < -0.39 is 0 Å². The Morgan fingerprint density at radius 2 is 1.88 bits per heavy atom. The number of aromatic nitrogens is 3. The van der Waals surface area contributed by atoms with Crippen LogP contribution in [-0.2, 0) is 6.54 Å². The zero-order chi connectivity index (χ0) is 22.1. The van der Waals surface area contributed by atoms with Gasteiger partial charge in [0.15, 0.2) is 0 Å². The lowest BCUT2D eigenvalue weighted by atomic mass is 10.2. The number of piperazine rings is 1. The second-order valence-electron chi connectivity index (χ2n) is 7.86. The average molecular weight is 433 g/mol. The van der Waals surface area contributed by atoms with Gasteiger partial charge in [0.2, 0.25) is 11.8 Å². The Bertz CT molecular complexity index is 1250. The van der Waals surface area contributed by atoms with Crippen molar-refractivity contribution in [3.05, 3.63) is 65.9 Å². The SMILES string of the molecule is COc1ccc(F)c(-c2nc(CN3CCN(c4ncc5ccccc5n4)CC3)c(C)o2)c1. The van der Waals surface area contributed by atoms with E-state index >= 15 is 0 Å². The van der Waals surface area contributed by atoms with E-state index in [1.54, 1.807) is 19.2 Å². The molecule has 0 bridgehead atoms. The molecule has 0 N–H and O–H groups in total. The summed E-state index contributed by atoms with van der Waals surface area (Å²) in [6.07, 6.45) is 1.88. The highest BCUT2D eigenvalue weighted by atomic mass is 19.1. The highest BCUT2D eigenvalue weighted by molar-refractivity contribution is 5.78. The number of rotatable bonds is 5. The molecule has 3 heterocycles. The fourth-order valence-electron chi connectivity index (χ4n) is 3.92. The molecule has 7 nitrogen and oxygen atoms in total. The molecule has 32 heavy (non-hydrogen) atoms. The van der Waals surface area contributed by atoms with Gasteiger partial charge in [0.05, 0.1) is 23.9 Å². The van der Waals surface area contributed by atoms with Gasteiger partial charge in [0.1, 0.15) is 17.3 Å². The van der Waals surface area contributed by atoms with Gasteiger partial charge in [0.25, 0.3) is 0 Å². The number of oxazole rings is 1. The predicted octanol–water partition coefficient (Wildman–Crippen LogP) is 4.06. The van der Waals surface area contributed by atoms with Crippen LogP contribution in [0.4, 0.5) is 10.3 Å². The number of hydrogen-bond donors (Lipinski definition) is 0. The first kappa shape index (κ1) is 20.4. The van der Waals surface area contributed by atoms with E-state index in [2.05, 4.69) is 19.8 Å². The summed E-state index contributed by atoms with van der Waals surface area (Å²) >= 11 is 0. The van der Waals surface area contributed by atoms with Crippen LogP contribution in [-0.4, -0.2) is 53.1 Å². The third-order valence-electron chi connectivity index (χ3n) is 5.80. The van der Waals surface area contributed by atoms with Crippen LogP contribution in [0.3, 0.4) is 0 Å². The maximum absolute atomic E-state index is 14.3. The molecule has 0 unspecified atom stereocenters. The van der Waals surface area contributed by atoms with Crippen molar-refractivity contribution in [1.29, 1.82) is 0 Å². The molecule has 4 aromatic rings. The molecule has 1 fully saturated rings. The number of methoxy groups -OCH3 is 1.